The van der Waals surface area contributed by atoms with Gasteiger partial charge in [-0.1, -0.05) is 87.5 Å². The van der Waals surface area contributed by atoms with E-state index in [1.165, 1.54) is 0 Å². The van der Waals surface area contributed by atoms with Crippen LogP contribution in [0.15, 0.2) is 89.7 Å². The lowest BCUT2D eigenvalue weighted by Gasteiger charge is -2.37. The summed E-state index contributed by atoms with van der Waals surface area (Å²) in [6, 6.07) is 25.0. The van der Waals surface area contributed by atoms with Crippen LogP contribution in [0.3, 0.4) is 0 Å². The van der Waals surface area contributed by atoms with Crippen molar-refractivity contribution in [3.05, 3.63) is 118 Å². The minimum absolute atomic E-state index is 0.0273. The molecule has 3 aromatic carbocycles. The number of unbranched alkanes of at least 4 members (excludes halogenated alkanes) is 1. The number of rotatable bonds is 14. The molecular formula is C51H55N5O10. The summed E-state index contributed by atoms with van der Waals surface area (Å²) in [7, 11) is 0. The molecule has 0 radical (unpaired) electrons. The highest BCUT2D eigenvalue weighted by Crippen LogP contribution is 2.45. The zero-order valence-electron chi connectivity index (χ0n) is 38.0. The lowest BCUT2D eigenvalue weighted by Crippen LogP contribution is -2.56. The second-order valence-corrected chi connectivity index (χ2v) is 18.3. The number of esters is 1. The maximum atomic E-state index is 14.3. The molecule has 344 valence electrons. The zero-order chi connectivity index (χ0) is 46.9. The first-order valence-electron chi connectivity index (χ1n) is 22.5. The number of aromatic nitrogens is 2. The van der Waals surface area contributed by atoms with Gasteiger partial charge in [0.2, 0.25) is 17.3 Å². The predicted molar refractivity (Wildman–Crippen MR) is 246 cm³/mol. The van der Waals surface area contributed by atoms with Crippen LogP contribution in [-0.4, -0.2) is 76.8 Å². The fourth-order valence-electron chi connectivity index (χ4n) is 9.09. The molecule has 0 unspecified atom stereocenters. The normalized spacial score (nSPS) is 16.7. The third kappa shape index (κ3) is 8.98. The van der Waals surface area contributed by atoms with Gasteiger partial charge in [-0.3, -0.25) is 19.0 Å². The minimum atomic E-state index is -1.91. The number of ether oxygens (including phenoxy) is 4. The molecule has 0 saturated heterocycles. The van der Waals surface area contributed by atoms with E-state index in [1.807, 2.05) is 66.7 Å². The summed E-state index contributed by atoms with van der Waals surface area (Å²) in [6.45, 7) is 10.3. The fourth-order valence-corrected chi connectivity index (χ4v) is 9.09. The smallest absolute Gasteiger partial charge is 0.408 e. The van der Waals surface area contributed by atoms with Gasteiger partial charge in [0.1, 0.15) is 24.3 Å². The SMILES string of the molecule is CC[C@@]1(OC(=O)[C@@H](NC(=O)[C@H](CCCCNC(=O)OCC2c3ccccc3-c3ccccc32)NC(=O)OC(C)(C)C)C(C)C)C(=O)COc2c1cc1n(c2=O)Cc2cc3ccccc3nc2-1. The Kier molecular flexibility index (Phi) is 12.7. The Bertz CT molecular complexity index is 2750. The number of hydrogen-bond donors (Lipinski definition) is 3. The lowest BCUT2D eigenvalue weighted by molar-refractivity contribution is -0.176. The Hall–Kier alpha value is -7.03. The molecule has 5 aromatic rings. The topological polar surface area (TPSA) is 193 Å². The van der Waals surface area contributed by atoms with E-state index < -0.39 is 71.2 Å². The Morgan fingerprint density at radius 3 is 2.26 bits per heavy atom. The van der Waals surface area contributed by atoms with Gasteiger partial charge in [0.15, 0.2) is 12.4 Å². The van der Waals surface area contributed by atoms with Crippen molar-refractivity contribution in [3.63, 3.8) is 0 Å². The second kappa shape index (κ2) is 18.5. The molecule has 0 spiro atoms. The number of carbonyl (C=O) groups excluding carboxylic acids is 5. The van der Waals surface area contributed by atoms with E-state index in [2.05, 4.69) is 28.1 Å². The van der Waals surface area contributed by atoms with Gasteiger partial charge in [0.05, 0.1) is 29.0 Å². The summed E-state index contributed by atoms with van der Waals surface area (Å²) >= 11 is 0. The first kappa shape index (κ1) is 45.5. The molecule has 0 saturated carbocycles. The van der Waals surface area contributed by atoms with Crippen LogP contribution >= 0.6 is 0 Å². The first-order valence-corrected chi connectivity index (χ1v) is 22.5. The van der Waals surface area contributed by atoms with Gasteiger partial charge < -0.3 is 34.9 Å². The Morgan fingerprint density at radius 2 is 1.58 bits per heavy atom. The van der Waals surface area contributed by atoms with Gasteiger partial charge in [0.25, 0.3) is 5.56 Å². The summed E-state index contributed by atoms with van der Waals surface area (Å²) in [5.74, 6) is -2.87. The number of benzene rings is 3. The summed E-state index contributed by atoms with van der Waals surface area (Å²) < 4.78 is 24.6. The third-order valence-corrected chi connectivity index (χ3v) is 12.4. The van der Waals surface area contributed by atoms with Crippen LogP contribution in [0.25, 0.3) is 33.4 Å². The molecule has 4 heterocycles. The summed E-state index contributed by atoms with van der Waals surface area (Å²) in [5.41, 5.74) is 3.91. The van der Waals surface area contributed by atoms with Crippen molar-refractivity contribution in [2.45, 2.75) is 103 Å². The first-order chi connectivity index (χ1) is 31.6. The standard InChI is InChI=1S/C51H55N5O10/c1-7-51(37-25-40-43-31(24-30-16-8-13-21-38(30)53-43)26-56(40)46(59)44(37)63-28-41(51)57)65-47(60)42(29(2)3)55-45(58)39(54-49(62)66-50(4,5)6)22-14-15-23-52-48(61)64-27-36-34-19-11-9-17-32(34)33-18-10-12-20-35(33)36/h8-13,16-21,24-25,29,36,39,42H,7,14-15,22-23,26-28H2,1-6H3,(H,52,61)(H,54,62)(H,55,58)/t39-,42-,51-/m0/s1. The van der Waals surface area contributed by atoms with E-state index in [0.29, 0.717) is 24.2 Å². The molecule has 3 N–H and O–H groups in total. The van der Waals surface area contributed by atoms with Gasteiger partial charge in [-0.05, 0) is 92.8 Å². The molecule has 1 aliphatic carbocycles. The minimum Gasteiger partial charge on any atom is -0.479 e. The van der Waals surface area contributed by atoms with E-state index in [1.54, 1.807) is 52.2 Å². The number of Topliss-reactive ketones (excluding diaryl/α,β-unsaturated/α-hetero) is 1. The maximum Gasteiger partial charge on any atom is 0.408 e. The van der Waals surface area contributed by atoms with Gasteiger partial charge in [-0.15, -0.1) is 0 Å². The van der Waals surface area contributed by atoms with Crippen molar-refractivity contribution in [1.29, 1.82) is 0 Å². The van der Waals surface area contributed by atoms with Gasteiger partial charge in [-0.2, -0.15) is 0 Å². The van der Waals surface area contributed by atoms with Crippen molar-refractivity contribution < 1.29 is 42.9 Å². The molecule has 3 atom stereocenters. The Labute approximate surface area is 382 Å². The monoisotopic (exact) mass is 897 g/mol. The fraction of sp³-hybridized carbons (Fsp3) is 0.392. The number of nitrogens with one attached hydrogen (secondary N) is 3. The van der Waals surface area contributed by atoms with Crippen LogP contribution in [0.4, 0.5) is 9.59 Å². The van der Waals surface area contributed by atoms with Crippen LogP contribution in [-0.2, 0) is 40.7 Å². The summed E-state index contributed by atoms with van der Waals surface area (Å²) in [6.07, 6.45) is -0.495. The molecule has 15 nitrogen and oxygen atoms in total. The van der Waals surface area contributed by atoms with Gasteiger partial charge in [-0.25, -0.2) is 19.4 Å². The van der Waals surface area contributed by atoms with Crippen LogP contribution in [0.2, 0.25) is 0 Å². The molecule has 0 bridgehead atoms. The van der Waals surface area contributed by atoms with Crippen LogP contribution < -0.4 is 26.2 Å². The predicted octanol–water partition coefficient (Wildman–Crippen LogP) is 7.28. The third-order valence-electron chi connectivity index (χ3n) is 12.4. The van der Waals surface area contributed by atoms with Crippen molar-refractivity contribution in [2.75, 3.05) is 19.8 Å². The highest BCUT2D eigenvalue weighted by atomic mass is 16.6. The highest BCUT2D eigenvalue weighted by Gasteiger charge is 2.51. The van der Waals surface area contributed by atoms with Crippen LogP contribution in [0.1, 0.15) is 95.4 Å². The number of amides is 3. The summed E-state index contributed by atoms with van der Waals surface area (Å²) in [5, 5.41) is 9.10. The Balaban J connectivity index is 0.935. The molecule has 2 aliphatic heterocycles. The quantitative estimate of drug-likeness (QED) is 0.0566. The number of carbonyl (C=O) groups is 5. The number of fused-ring (bicyclic) bond motifs is 8. The van der Waals surface area contributed by atoms with Crippen molar-refractivity contribution in [3.8, 4) is 28.3 Å². The van der Waals surface area contributed by atoms with Gasteiger partial charge in [0, 0.05) is 23.4 Å². The number of hydrogen-bond acceptors (Lipinski definition) is 11. The molecule has 8 rings (SSSR count). The van der Waals surface area contributed by atoms with E-state index >= 15 is 0 Å². The van der Waals surface area contributed by atoms with Crippen molar-refractivity contribution >= 4 is 40.7 Å². The van der Waals surface area contributed by atoms with Crippen LogP contribution in [0.5, 0.6) is 5.75 Å². The van der Waals surface area contributed by atoms with E-state index in [0.717, 1.165) is 38.7 Å². The van der Waals surface area contributed by atoms with E-state index in [9.17, 15) is 28.8 Å². The van der Waals surface area contributed by atoms with E-state index in [4.69, 9.17) is 23.9 Å². The molecular weight excluding hydrogens is 843 g/mol. The van der Waals surface area contributed by atoms with Crippen LogP contribution in [0, 0.1) is 5.92 Å². The molecule has 3 aliphatic rings. The van der Waals surface area contributed by atoms with E-state index in [-0.39, 0.29) is 49.8 Å². The number of nitrogens with zero attached hydrogens (tertiary/aromatic N) is 2. The number of pyridine rings is 2. The lowest BCUT2D eigenvalue weighted by atomic mass is 9.84. The second-order valence-electron chi connectivity index (χ2n) is 18.3. The molecule has 15 heteroatoms. The average Bonchev–Trinajstić information content (AvgIpc) is 3.81. The largest absolute Gasteiger partial charge is 0.479 e. The Morgan fingerprint density at radius 1 is 0.894 bits per heavy atom. The average molecular weight is 898 g/mol. The highest BCUT2D eigenvalue weighted by molar-refractivity contribution is 5.96. The molecule has 66 heavy (non-hydrogen) atoms. The zero-order valence-corrected chi connectivity index (χ0v) is 38.0. The van der Waals surface area contributed by atoms with Gasteiger partial charge >= 0.3 is 18.2 Å². The van der Waals surface area contributed by atoms with Crippen molar-refractivity contribution in [1.82, 2.24) is 25.5 Å². The molecule has 0 fully saturated rings. The number of alkyl carbamates (subject to hydrolysis) is 2. The number of ketones is 1. The molecule has 2 aromatic heterocycles. The maximum absolute atomic E-state index is 14.3. The van der Waals surface area contributed by atoms with Crippen molar-refractivity contribution in [2.24, 2.45) is 5.92 Å². The number of para-hydroxylation sites is 1. The summed E-state index contributed by atoms with van der Waals surface area (Å²) in [4.78, 5) is 87.1. The molecule has 3 amide bonds.